The van der Waals surface area contributed by atoms with Gasteiger partial charge in [-0.3, -0.25) is 0 Å². The fraction of sp³-hybridized carbons (Fsp3) is 0.385. The first-order valence-corrected chi connectivity index (χ1v) is 4.96. The average molecular weight is 206 g/mol. The maximum atomic E-state index is 13.1. The third kappa shape index (κ3) is 3.38. The Morgan fingerprint density at radius 2 is 2.00 bits per heavy atom. The molecule has 1 N–H and O–H groups in total. The summed E-state index contributed by atoms with van der Waals surface area (Å²) in [5.41, 5.74) is 1.20. The summed E-state index contributed by atoms with van der Waals surface area (Å²) in [6, 6.07) is 4.81. The summed E-state index contributed by atoms with van der Waals surface area (Å²) in [5, 5.41) is 9.44. The van der Waals surface area contributed by atoms with E-state index in [4.69, 9.17) is 0 Å². The normalized spacial score (nSPS) is 12.1. The number of hydrogen-bond acceptors (Lipinski definition) is 1. The van der Waals surface area contributed by atoms with E-state index < -0.39 is 6.10 Å². The number of aryl methyl sites for hydroxylation is 1. The molecule has 0 fully saturated rings. The van der Waals surface area contributed by atoms with Crippen LogP contribution in [-0.2, 0) is 0 Å². The molecule has 0 heterocycles. The van der Waals surface area contributed by atoms with Gasteiger partial charge in [-0.15, -0.1) is 0 Å². The van der Waals surface area contributed by atoms with Gasteiger partial charge in [-0.25, -0.2) is 4.39 Å². The molecule has 15 heavy (non-hydrogen) atoms. The van der Waals surface area contributed by atoms with Gasteiger partial charge in [-0.2, -0.15) is 0 Å². The van der Waals surface area contributed by atoms with Crippen molar-refractivity contribution in [1.29, 1.82) is 0 Å². The van der Waals surface area contributed by atoms with Crippen LogP contribution in [-0.4, -0.2) is 11.2 Å². The van der Waals surface area contributed by atoms with E-state index in [0.717, 1.165) is 0 Å². The second-order valence-corrected chi connectivity index (χ2v) is 3.92. The quantitative estimate of drug-likeness (QED) is 0.700. The molecular formula is C13H15FO. The number of hydrogen-bond donors (Lipinski definition) is 1. The van der Waals surface area contributed by atoms with Crippen LogP contribution in [0, 0.1) is 30.5 Å². The van der Waals surface area contributed by atoms with Crippen molar-refractivity contribution in [1.82, 2.24) is 0 Å². The lowest BCUT2D eigenvalue weighted by atomic mass is 10.1. The van der Waals surface area contributed by atoms with Crippen molar-refractivity contribution in [2.75, 3.05) is 0 Å². The Hall–Kier alpha value is -1.33. The molecule has 1 aromatic carbocycles. The smallest absolute Gasteiger partial charge is 0.127 e. The monoisotopic (exact) mass is 206 g/mol. The molecule has 0 radical (unpaired) electrons. The summed E-state index contributed by atoms with van der Waals surface area (Å²) in [5.74, 6) is 5.27. The fourth-order valence-corrected chi connectivity index (χ4v) is 0.995. The predicted molar refractivity (Wildman–Crippen MR) is 58.9 cm³/mol. The number of halogens is 1. The second-order valence-electron chi connectivity index (χ2n) is 3.92. The maximum absolute atomic E-state index is 13.1. The molecular weight excluding hydrogens is 191 g/mol. The van der Waals surface area contributed by atoms with Crippen LogP contribution in [0.25, 0.3) is 0 Å². The van der Waals surface area contributed by atoms with Crippen LogP contribution in [0.5, 0.6) is 0 Å². The van der Waals surface area contributed by atoms with Crippen LogP contribution in [0.4, 0.5) is 4.39 Å². The Bertz CT molecular complexity index is 399. The highest BCUT2D eigenvalue weighted by molar-refractivity contribution is 5.37. The number of benzene rings is 1. The maximum Gasteiger partial charge on any atom is 0.127 e. The summed E-state index contributed by atoms with van der Waals surface area (Å²) in [7, 11) is 0. The summed E-state index contributed by atoms with van der Waals surface area (Å²) >= 11 is 0. The zero-order valence-corrected chi connectivity index (χ0v) is 9.21. The number of aliphatic hydroxyl groups excluding tert-OH is 1. The van der Waals surface area contributed by atoms with Crippen molar-refractivity contribution < 1.29 is 9.50 Å². The van der Waals surface area contributed by atoms with Gasteiger partial charge in [0.2, 0.25) is 0 Å². The van der Waals surface area contributed by atoms with Crippen LogP contribution in [0.15, 0.2) is 18.2 Å². The lowest BCUT2D eigenvalue weighted by Crippen LogP contribution is -2.11. The molecule has 0 spiro atoms. The summed E-state index contributed by atoms with van der Waals surface area (Å²) in [6.07, 6.45) is -0.658. The van der Waals surface area contributed by atoms with E-state index in [-0.39, 0.29) is 11.7 Å². The third-order valence-electron chi connectivity index (χ3n) is 2.17. The molecule has 0 saturated carbocycles. The van der Waals surface area contributed by atoms with Gasteiger partial charge in [0.05, 0.1) is 0 Å². The molecule has 0 aliphatic rings. The van der Waals surface area contributed by atoms with E-state index >= 15 is 0 Å². The lowest BCUT2D eigenvalue weighted by Gasteiger charge is -2.05. The Morgan fingerprint density at radius 3 is 2.53 bits per heavy atom. The Balaban J connectivity index is 2.85. The Morgan fingerprint density at radius 1 is 1.33 bits per heavy atom. The average Bonchev–Trinajstić information content (AvgIpc) is 2.19. The van der Waals surface area contributed by atoms with E-state index in [2.05, 4.69) is 11.8 Å². The van der Waals surface area contributed by atoms with E-state index in [0.29, 0.717) is 11.1 Å². The first-order chi connectivity index (χ1) is 7.00. The molecule has 1 rings (SSSR count). The van der Waals surface area contributed by atoms with E-state index in [1.165, 1.54) is 6.07 Å². The summed E-state index contributed by atoms with van der Waals surface area (Å²) in [6.45, 7) is 5.47. The lowest BCUT2D eigenvalue weighted by molar-refractivity contribution is 0.181. The van der Waals surface area contributed by atoms with Gasteiger partial charge in [0.15, 0.2) is 0 Å². The van der Waals surface area contributed by atoms with Crippen LogP contribution < -0.4 is 0 Å². The molecule has 1 aromatic rings. The first-order valence-electron chi connectivity index (χ1n) is 4.96. The van der Waals surface area contributed by atoms with Crippen molar-refractivity contribution >= 4 is 0 Å². The molecule has 0 aliphatic heterocycles. The van der Waals surface area contributed by atoms with Crippen LogP contribution >= 0.6 is 0 Å². The molecule has 1 unspecified atom stereocenters. The fourth-order valence-electron chi connectivity index (χ4n) is 0.995. The SMILES string of the molecule is Cc1ccc(C#CC(O)C(C)C)cc1F. The van der Waals surface area contributed by atoms with Crippen molar-refractivity contribution in [3.8, 4) is 11.8 Å². The molecule has 0 amide bonds. The minimum absolute atomic E-state index is 0.0906. The highest BCUT2D eigenvalue weighted by Crippen LogP contribution is 2.08. The molecule has 2 heteroatoms. The van der Waals surface area contributed by atoms with Gasteiger partial charge in [-0.1, -0.05) is 31.8 Å². The van der Waals surface area contributed by atoms with Crippen molar-refractivity contribution in [3.63, 3.8) is 0 Å². The van der Waals surface area contributed by atoms with Crippen molar-refractivity contribution in [3.05, 3.63) is 35.1 Å². The van der Waals surface area contributed by atoms with Crippen LogP contribution in [0.2, 0.25) is 0 Å². The zero-order valence-electron chi connectivity index (χ0n) is 9.21. The predicted octanol–water partition coefficient (Wildman–Crippen LogP) is 2.50. The number of rotatable bonds is 1. The molecule has 0 aliphatic carbocycles. The van der Waals surface area contributed by atoms with Gasteiger partial charge in [-0.05, 0) is 30.5 Å². The molecule has 0 bridgehead atoms. The largest absolute Gasteiger partial charge is 0.380 e. The van der Waals surface area contributed by atoms with E-state index in [1.54, 1.807) is 19.1 Å². The van der Waals surface area contributed by atoms with Crippen LogP contribution in [0.3, 0.4) is 0 Å². The van der Waals surface area contributed by atoms with Crippen molar-refractivity contribution in [2.24, 2.45) is 5.92 Å². The zero-order chi connectivity index (χ0) is 11.4. The minimum Gasteiger partial charge on any atom is -0.380 e. The first kappa shape index (κ1) is 11.7. The van der Waals surface area contributed by atoms with Crippen molar-refractivity contribution in [2.45, 2.75) is 26.9 Å². The highest BCUT2D eigenvalue weighted by atomic mass is 19.1. The van der Waals surface area contributed by atoms with Gasteiger partial charge < -0.3 is 5.11 Å². The molecule has 1 nitrogen and oxygen atoms in total. The molecule has 80 valence electrons. The number of aliphatic hydroxyl groups is 1. The van der Waals surface area contributed by atoms with Gasteiger partial charge in [0.25, 0.3) is 0 Å². The molecule has 1 atom stereocenters. The van der Waals surface area contributed by atoms with E-state index in [1.807, 2.05) is 13.8 Å². The van der Waals surface area contributed by atoms with Crippen LogP contribution in [0.1, 0.15) is 25.0 Å². The highest BCUT2D eigenvalue weighted by Gasteiger charge is 2.03. The molecule has 0 aromatic heterocycles. The summed E-state index contributed by atoms with van der Waals surface area (Å²) in [4.78, 5) is 0. The summed E-state index contributed by atoms with van der Waals surface area (Å²) < 4.78 is 13.1. The topological polar surface area (TPSA) is 20.2 Å². The van der Waals surface area contributed by atoms with Gasteiger partial charge in [0, 0.05) is 5.56 Å². The minimum atomic E-state index is -0.658. The molecule has 0 saturated heterocycles. The Labute approximate surface area is 89.9 Å². The van der Waals surface area contributed by atoms with E-state index in [9.17, 15) is 9.50 Å². The standard InChI is InChI=1S/C13H15FO/c1-9(2)13(15)7-6-11-5-4-10(3)12(14)8-11/h4-5,8-9,13,15H,1-3H3. The third-order valence-corrected chi connectivity index (χ3v) is 2.17. The van der Waals surface area contributed by atoms with Gasteiger partial charge >= 0.3 is 0 Å². The van der Waals surface area contributed by atoms with Gasteiger partial charge in [0.1, 0.15) is 11.9 Å². The second kappa shape index (κ2) is 4.95. The Kier molecular flexibility index (Phi) is 3.88.